The number of nitrogens with zero attached hydrogens (tertiary/aromatic N) is 3. The predicted octanol–water partition coefficient (Wildman–Crippen LogP) is 2.78. The second kappa shape index (κ2) is 6.30. The number of hydrogen-bond acceptors (Lipinski definition) is 3. The number of rotatable bonds is 5. The van der Waals surface area contributed by atoms with Crippen LogP contribution in [0.15, 0.2) is 28.7 Å². The molecule has 0 saturated carbocycles. The molecule has 4 nitrogen and oxygen atoms in total. The number of aliphatic hydroxyl groups is 1. The summed E-state index contributed by atoms with van der Waals surface area (Å²) in [6.45, 7) is 5.05. The highest BCUT2D eigenvalue weighted by molar-refractivity contribution is 9.10. The summed E-state index contributed by atoms with van der Waals surface area (Å²) < 4.78 is 3.09. The van der Waals surface area contributed by atoms with Gasteiger partial charge in [0.25, 0.3) is 0 Å². The zero-order valence-electron chi connectivity index (χ0n) is 11.2. The van der Waals surface area contributed by atoms with Crippen molar-refractivity contribution >= 4 is 15.9 Å². The molecule has 5 heteroatoms. The Morgan fingerprint density at radius 2 is 1.79 bits per heavy atom. The molecular weight excluding hydrogens is 306 g/mol. The van der Waals surface area contributed by atoms with Gasteiger partial charge in [-0.05, 0) is 23.6 Å². The van der Waals surface area contributed by atoms with Crippen molar-refractivity contribution < 1.29 is 5.11 Å². The van der Waals surface area contributed by atoms with E-state index in [4.69, 9.17) is 0 Å². The number of aromatic nitrogens is 3. The normalized spacial score (nSPS) is 11.2. The van der Waals surface area contributed by atoms with Crippen LogP contribution in [0.4, 0.5) is 0 Å². The first-order valence-corrected chi connectivity index (χ1v) is 7.15. The molecule has 1 N–H and O–H groups in total. The summed E-state index contributed by atoms with van der Waals surface area (Å²) in [6.07, 6.45) is 0.729. The van der Waals surface area contributed by atoms with Gasteiger partial charge in [-0.1, -0.05) is 41.9 Å². The Kier molecular flexibility index (Phi) is 4.71. The van der Waals surface area contributed by atoms with Crippen LogP contribution in [0.25, 0.3) is 0 Å². The topological polar surface area (TPSA) is 50.9 Å². The highest BCUT2D eigenvalue weighted by Crippen LogP contribution is 2.15. The van der Waals surface area contributed by atoms with Gasteiger partial charge in [0.15, 0.2) is 5.82 Å². The third-order valence-electron chi connectivity index (χ3n) is 2.87. The lowest BCUT2D eigenvalue weighted by atomic mass is 10.1. The molecule has 1 heterocycles. The Morgan fingerprint density at radius 3 is 2.37 bits per heavy atom. The molecule has 2 rings (SSSR count). The van der Waals surface area contributed by atoms with Crippen LogP contribution >= 0.6 is 15.9 Å². The predicted molar refractivity (Wildman–Crippen MR) is 77.7 cm³/mol. The molecule has 0 spiro atoms. The highest BCUT2D eigenvalue weighted by atomic mass is 79.9. The van der Waals surface area contributed by atoms with Gasteiger partial charge in [-0.25, -0.2) is 0 Å². The minimum Gasteiger partial charge on any atom is -0.388 e. The maximum absolute atomic E-state index is 9.32. The highest BCUT2D eigenvalue weighted by Gasteiger charge is 2.12. The molecule has 1 aromatic carbocycles. The Morgan fingerprint density at radius 1 is 1.16 bits per heavy atom. The molecule has 0 unspecified atom stereocenters. The summed E-state index contributed by atoms with van der Waals surface area (Å²) in [4.78, 5) is 0. The lowest BCUT2D eigenvalue weighted by Crippen LogP contribution is -2.12. The summed E-state index contributed by atoms with van der Waals surface area (Å²) in [5, 5.41) is 17.6. The maximum Gasteiger partial charge on any atom is 0.158 e. The molecule has 1 aromatic heterocycles. The molecule has 0 aliphatic heterocycles. The molecular formula is C14H18BrN3O. The van der Waals surface area contributed by atoms with E-state index in [2.05, 4.69) is 52.1 Å². The zero-order valence-corrected chi connectivity index (χ0v) is 12.8. The van der Waals surface area contributed by atoms with Gasteiger partial charge in [0.05, 0.1) is 0 Å². The van der Waals surface area contributed by atoms with E-state index in [1.54, 1.807) is 0 Å². The molecule has 0 bridgehead atoms. The van der Waals surface area contributed by atoms with E-state index in [1.165, 1.54) is 5.56 Å². The van der Waals surface area contributed by atoms with Gasteiger partial charge in [-0.2, -0.15) is 0 Å². The molecule has 2 aromatic rings. The summed E-state index contributed by atoms with van der Waals surface area (Å²) in [5.41, 5.74) is 1.19. The summed E-state index contributed by atoms with van der Waals surface area (Å²) in [5.74, 6) is 2.03. The van der Waals surface area contributed by atoms with Crippen molar-refractivity contribution in [1.82, 2.24) is 14.8 Å². The van der Waals surface area contributed by atoms with Gasteiger partial charge >= 0.3 is 0 Å². The van der Waals surface area contributed by atoms with Crippen LogP contribution in [0.5, 0.6) is 0 Å². The van der Waals surface area contributed by atoms with E-state index < -0.39 is 0 Å². The fourth-order valence-electron chi connectivity index (χ4n) is 1.98. The number of hydrogen-bond donors (Lipinski definition) is 1. The Labute approximate surface area is 121 Å². The van der Waals surface area contributed by atoms with Crippen molar-refractivity contribution in [2.24, 2.45) is 5.92 Å². The van der Waals surface area contributed by atoms with E-state index >= 15 is 0 Å². The average molecular weight is 324 g/mol. The van der Waals surface area contributed by atoms with Crippen molar-refractivity contribution in [3.63, 3.8) is 0 Å². The second-order valence-corrected chi connectivity index (χ2v) is 5.91. The van der Waals surface area contributed by atoms with Gasteiger partial charge in [-0.3, -0.25) is 0 Å². The van der Waals surface area contributed by atoms with Crippen LogP contribution < -0.4 is 0 Å². The van der Waals surface area contributed by atoms with Crippen LogP contribution in [0.1, 0.15) is 31.1 Å². The molecule has 0 saturated heterocycles. The van der Waals surface area contributed by atoms with E-state index in [1.807, 2.05) is 16.7 Å². The number of halogens is 1. The molecule has 102 valence electrons. The Hall–Kier alpha value is -1.20. The number of benzene rings is 1. The standard InChI is InChI=1S/C14H18BrN3O/c1-10(2)8-18-13(16-17-14(18)9-19)7-11-3-5-12(15)6-4-11/h3-6,10,19H,7-9H2,1-2H3. The van der Waals surface area contributed by atoms with E-state index in [0.717, 1.165) is 23.3 Å². The first kappa shape index (κ1) is 14.2. The molecule has 0 amide bonds. The fourth-order valence-corrected chi connectivity index (χ4v) is 2.25. The van der Waals surface area contributed by atoms with E-state index in [9.17, 15) is 5.11 Å². The first-order valence-electron chi connectivity index (χ1n) is 6.36. The average Bonchev–Trinajstić information content (AvgIpc) is 2.74. The van der Waals surface area contributed by atoms with E-state index in [-0.39, 0.29) is 6.61 Å². The van der Waals surface area contributed by atoms with Crippen LogP contribution in [0.3, 0.4) is 0 Å². The molecule has 0 aliphatic carbocycles. The minimum atomic E-state index is -0.0694. The molecule has 0 aliphatic rings. The van der Waals surface area contributed by atoms with Gasteiger partial charge < -0.3 is 9.67 Å². The molecule has 0 atom stereocenters. The smallest absolute Gasteiger partial charge is 0.158 e. The Balaban J connectivity index is 2.24. The third-order valence-corrected chi connectivity index (χ3v) is 3.40. The van der Waals surface area contributed by atoms with Crippen molar-refractivity contribution in [2.45, 2.75) is 33.4 Å². The zero-order chi connectivity index (χ0) is 13.8. The lowest BCUT2D eigenvalue weighted by molar-refractivity contribution is 0.261. The SMILES string of the molecule is CC(C)Cn1c(CO)nnc1Cc1ccc(Br)cc1. The lowest BCUT2D eigenvalue weighted by Gasteiger charge is -2.11. The quantitative estimate of drug-likeness (QED) is 0.920. The monoisotopic (exact) mass is 323 g/mol. The van der Waals surface area contributed by atoms with Crippen LogP contribution in [-0.2, 0) is 19.6 Å². The maximum atomic E-state index is 9.32. The van der Waals surface area contributed by atoms with Crippen LogP contribution in [0.2, 0.25) is 0 Å². The number of aliphatic hydroxyl groups excluding tert-OH is 1. The van der Waals surface area contributed by atoms with Crippen molar-refractivity contribution in [1.29, 1.82) is 0 Å². The van der Waals surface area contributed by atoms with Gasteiger partial charge in [-0.15, -0.1) is 10.2 Å². The van der Waals surface area contributed by atoms with Gasteiger partial charge in [0.2, 0.25) is 0 Å². The minimum absolute atomic E-state index is 0.0694. The largest absolute Gasteiger partial charge is 0.388 e. The van der Waals surface area contributed by atoms with Crippen LogP contribution in [-0.4, -0.2) is 19.9 Å². The molecule has 0 fully saturated rings. The summed E-state index contributed by atoms with van der Waals surface area (Å²) >= 11 is 3.43. The van der Waals surface area contributed by atoms with Crippen molar-refractivity contribution in [2.75, 3.05) is 0 Å². The van der Waals surface area contributed by atoms with Crippen molar-refractivity contribution in [3.8, 4) is 0 Å². The van der Waals surface area contributed by atoms with Crippen molar-refractivity contribution in [3.05, 3.63) is 46.0 Å². The summed E-state index contributed by atoms with van der Waals surface area (Å²) in [6, 6.07) is 8.17. The second-order valence-electron chi connectivity index (χ2n) is 5.00. The van der Waals surface area contributed by atoms with Crippen LogP contribution in [0, 0.1) is 5.92 Å². The molecule has 19 heavy (non-hydrogen) atoms. The molecule has 0 radical (unpaired) electrons. The summed E-state index contributed by atoms with van der Waals surface area (Å²) in [7, 11) is 0. The Bertz CT molecular complexity index is 534. The fraction of sp³-hybridized carbons (Fsp3) is 0.429. The first-order chi connectivity index (χ1) is 9.10. The van der Waals surface area contributed by atoms with E-state index in [0.29, 0.717) is 11.7 Å². The van der Waals surface area contributed by atoms with Gasteiger partial charge in [0, 0.05) is 17.4 Å². The third kappa shape index (κ3) is 3.64. The van der Waals surface area contributed by atoms with Gasteiger partial charge in [0.1, 0.15) is 12.4 Å².